The van der Waals surface area contributed by atoms with Gasteiger partial charge in [-0.25, -0.2) is 0 Å². The van der Waals surface area contributed by atoms with Crippen LogP contribution in [0, 0.1) is 6.92 Å². The molecule has 1 saturated heterocycles. The van der Waals surface area contributed by atoms with Gasteiger partial charge in [0.15, 0.2) is 0 Å². The van der Waals surface area contributed by atoms with Crippen LogP contribution in [-0.4, -0.2) is 32.3 Å². The monoisotopic (exact) mass is 248 g/mol. The van der Waals surface area contributed by atoms with Gasteiger partial charge in [0.2, 0.25) is 0 Å². The van der Waals surface area contributed by atoms with E-state index in [0.717, 1.165) is 19.6 Å². The van der Waals surface area contributed by atoms with E-state index in [-0.39, 0.29) is 0 Å². The Labute approximate surface area is 110 Å². The summed E-state index contributed by atoms with van der Waals surface area (Å²) in [4.78, 5) is 2.45. The summed E-state index contributed by atoms with van der Waals surface area (Å²) < 4.78 is 5.80. The highest BCUT2D eigenvalue weighted by Crippen LogP contribution is 2.25. The van der Waals surface area contributed by atoms with Gasteiger partial charge in [0.25, 0.3) is 0 Å². The van der Waals surface area contributed by atoms with Crippen LogP contribution in [0.1, 0.15) is 25.0 Å². The first-order chi connectivity index (χ1) is 8.60. The minimum Gasteiger partial charge on any atom is -0.372 e. The number of nitrogens with zero attached hydrogens (tertiary/aromatic N) is 1. The molecule has 1 aromatic carbocycles. The number of morpholine rings is 1. The first-order valence-electron chi connectivity index (χ1n) is 6.74. The van der Waals surface area contributed by atoms with Crippen molar-refractivity contribution in [1.82, 2.24) is 5.32 Å². The fourth-order valence-corrected chi connectivity index (χ4v) is 2.73. The van der Waals surface area contributed by atoms with Crippen LogP contribution in [0.2, 0.25) is 0 Å². The van der Waals surface area contributed by atoms with E-state index in [4.69, 9.17) is 4.74 Å². The highest BCUT2D eigenvalue weighted by atomic mass is 16.5. The maximum absolute atomic E-state index is 5.80. The van der Waals surface area contributed by atoms with Gasteiger partial charge in [-0.1, -0.05) is 17.7 Å². The van der Waals surface area contributed by atoms with Crippen molar-refractivity contribution in [3.63, 3.8) is 0 Å². The molecular formula is C15H24N2O. The largest absolute Gasteiger partial charge is 0.372 e. The number of benzene rings is 1. The molecule has 1 aliphatic rings. The number of nitrogens with one attached hydrogen (secondary N) is 1. The SMILES string of the molecule is CNCc1cc(C)ccc1N1C[C@@H](C)O[C@@H](C)C1. The third-order valence-corrected chi connectivity index (χ3v) is 3.36. The van der Waals surface area contributed by atoms with E-state index < -0.39 is 0 Å². The van der Waals surface area contributed by atoms with Crippen molar-refractivity contribution in [2.24, 2.45) is 0 Å². The molecule has 100 valence electrons. The fourth-order valence-electron chi connectivity index (χ4n) is 2.73. The lowest BCUT2D eigenvalue weighted by Gasteiger charge is -2.38. The van der Waals surface area contributed by atoms with Crippen molar-refractivity contribution in [2.75, 3.05) is 25.0 Å². The molecule has 0 saturated carbocycles. The van der Waals surface area contributed by atoms with E-state index in [9.17, 15) is 0 Å². The summed E-state index contributed by atoms with van der Waals surface area (Å²) in [5.41, 5.74) is 4.04. The summed E-state index contributed by atoms with van der Waals surface area (Å²) in [6, 6.07) is 6.71. The molecule has 1 fully saturated rings. The highest BCUT2D eigenvalue weighted by molar-refractivity contribution is 5.55. The van der Waals surface area contributed by atoms with Crippen LogP contribution in [0.5, 0.6) is 0 Å². The molecule has 0 bridgehead atoms. The second-order valence-electron chi connectivity index (χ2n) is 5.32. The maximum Gasteiger partial charge on any atom is 0.0726 e. The topological polar surface area (TPSA) is 24.5 Å². The summed E-state index contributed by atoms with van der Waals surface area (Å²) in [6.07, 6.45) is 0.606. The Balaban J connectivity index is 2.25. The summed E-state index contributed by atoms with van der Waals surface area (Å²) in [5, 5.41) is 3.26. The van der Waals surface area contributed by atoms with Gasteiger partial charge in [-0.05, 0) is 39.4 Å². The van der Waals surface area contributed by atoms with E-state index in [1.807, 2.05) is 7.05 Å². The lowest BCUT2D eigenvalue weighted by molar-refractivity contribution is -0.00526. The van der Waals surface area contributed by atoms with Gasteiger partial charge in [-0.3, -0.25) is 0 Å². The Morgan fingerprint density at radius 2 is 1.94 bits per heavy atom. The highest BCUT2D eigenvalue weighted by Gasteiger charge is 2.23. The number of hydrogen-bond acceptors (Lipinski definition) is 3. The summed E-state index contributed by atoms with van der Waals surface area (Å²) >= 11 is 0. The van der Waals surface area contributed by atoms with Crippen LogP contribution in [0.4, 0.5) is 5.69 Å². The molecule has 0 unspecified atom stereocenters. The molecule has 1 aliphatic heterocycles. The molecule has 2 rings (SSSR count). The molecule has 0 radical (unpaired) electrons. The normalized spacial score (nSPS) is 24.3. The quantitative estimate of drug-likeness (QED) is 0.888. The number of ether oxygens (including phenoxy) is 1. The Hall–Kier alpha value is -1.06. The van der Waals surface area contributed by atoms with Crippen molar-refractivity contribution in [2.45, 2.75) is 39.5 Å². The van der Waals surface area contributed by atoms with E-state index in [1.165, 1.54) is 16.8 Å². The van der Waals surface area contributed by atoms with Gasteiger partial charge >= 0.3 is 0 Å². The van der Waals surface area contributed by atoms with Crippen molar-refractivity contribution in [3.05, 3.63) is 29.3 Å². The lowest BCUT2D eigenvalue weighted by atomic mass is 10.1. The second-order valence-corrected chi connectivity index (χ2v) is 5.32. The van der Waals surface area contributed by atoms with Crippen molar-refractivity contribution in [1.29, 1.82) is 0 Å². The Morgan fingerprint density at radius 1 is 1.28 bits per heavy atom. The van der Waals surface area contributed by atoms with E-state index in [0.29, 0.717) is 12.2 Å². The Bertz CT molecular complexity index is 395. The first-order valence-corrected chi connectivity index (χ1v) is 6.74. The average Bonchev–Trinajstić information content (AvgIpc) is 2.28. The third-order valence-electron chi connectivity index (χ3n) is 3.36. The Kier molecular flexibility index (Phi) is 4.25. The van der Waals surface area contributed by atoms with Gasteiger partial charge in [0, 0.05) is 25.3 Å². The van der Waals surface area contributed by atoms with Gasteiger partial charge in [-0.15, -0.1) is 0 Å². The molecule has 0 aromatic heterocycles. The van der Waals surface area contributed by atoms with Crippen LogP contribution < -0.4 is 10.2 Å². The standard InChI is InChI=1S/C15H24N2O/c1-11-5-6-15(14(7-11)8-16-4)17-9-12(2)18-13(3)10-17/h5-7,12-13,16H,8-10H2,1-4H3/t12-,13+. The summed E-state index contributed by atoms with van der Waals surface area (Å²) in [5.74, 6) is 0. The Morgan fingerprint density at radius 3 is 2.56 bits per heavy atom. The van der Waals surface area contributed by atoms with Crippen molar-refractivity contribution >= 4 is 5.69 Å². The summed E-state index contributed by atoms with van der Waals surface area (Å²) in [6.45, 7) is 9.31. The zero-order valence-electron chi connectivity index (χ0n) is 11.9. The molecule has 0 aliphatic carbocycles. The van der Waals surface area contributed by atoms with Crippen LogP contribution in [0.25, 0.3) is 0 Å². The fraction of sp³-hybridized carbons (Fsp3) is 0.600. The molecule has 3 nitrogen and oxygen atoms in total. The third kappa shape index (κ3) is 3.03. The molecule has 2 atom stereocenters. The lowest BCUT2D eigenvalue weighted by Crippen LogP contribution is -2.46. The van der Waals surface area contributed by atoms with Crippen LogP contribution >= 0.6 is 0 Å². The number of rotatable bonds is 3. The number of aryl methyl sites for hydroxylation is 1. The predicted molar refractivity (Wildman–Crippen MR) is 76.2 cm³/mol. The molecule has 0 spiro atoms. The maximum atomic E-state index is 5.80. The molecule has 0 amide bonds. The molecule has 1 N–H and O–H groups in total. The number of anilines is 1. The predicted octanol–water partition coefficient (Wildman–Crippen LogP) is 2.33. The van der Waals surface area contributed by atoms with E-state index >= 15 is 0 Å². The van der Waals surface area contributed by atoms with Crippen LogP contribution in [0.15, 0.2) is 18.2 Å². The second kappa shape index (κ2) is 5.72. The number of hydrogen-bond donors (Lipinski definition) is 1. The van der Waals surface area contributed by atoms with Gasteiger partial charge in [0.05, 0.1) is 12.2 Å². The van der Waals surface area contributed by atoms with E-state index in [1.54, 1.807) is 0 Å². The molecule has 1 aromatic rings. The smallest absolute Gasteiger partial charge is 0.0726 e. The molecular weight excluding hydrogens is 224 g/mol. The van der Waals surface area contributed by atoms with Crippen molar-refractivity contribution in [3.8, 4) is 0 Å². The molecule has 18 heavy (non-hydrogen) atoms. The van der Waals surface area contributed by atoms with Crippen molar-refractivity contribution < 1.29 is 4.74 Å². The zero-order valence-corrected chi connectivity index (χ0v) is 11.9. The van der Waals surface area contributed by atoms with Gasteiger partial charge in [0.1, 0.15) is 0 Å². The van der Waals surface area contributed by atoms with E-state index in [2.05, 4.69) is 49.2 Å². The van der Waals surface area contributed by atoms with Gasteiger partial charge < -0.3 is 15.0 Å². The van der Waals surface area contributed by atoms with Crippen LogP contribution in [0.3, 0.4) is 0 Å². The first kappa shape index (κ1) is 13.4. The van der Waals surface area contributed by atoms with Gasteiger partial charge in [-0.2, -0.15) is 0 Å². The molecule has 1 heterocycles. The summed E-state index contributed by atoms with van der Waals surface area (Å²) in [7, 11) is 2.00. The minimum absolute atomic E-state index is 0.303. The minimum atomic E-state index is 0.303. The zero-order chi connectivity index (χ0) is 13.1. The molecule has 3 heteroatoms. The van der Waals surface area contributed by atoms with Crippen LogP contribution in [-0.2, 0) is 11.3 Å². The average molecular weight is 248 g/mol.